The number of nitrogens with zero attached hydrogens (tertiary/aromatic N) is 1. The molecular formula is C13H14ClN3. The summed E-state index contributed by atoms with van der Waals surface area (Å²) in [7, 11) is 0. The van der Waals surface area contributed by atoms with Gasteiger partial charge in [0.15, 0.2) is 0 Å². The van der Waals surface area contributed by atoms with Crippen LogP contribution in [0, 0.1) is 0 Å². The van der Waals surface area contributed by atoms with Crippen molar-refractivity contribution in [1.82, 2.24) is 4.98 Å². The van der Waals surface area contributed by atoms with E-state index in [1.807, 2.05) is 30.3 Å². The quantitative estimate of drug-likeness (QED) is 0.860. The molecule has 1 aromatic heterocycles. The Morgan fingerprint density at radius 3 is 2.71 bits per heavy atom. The summed E-state index contributed by atoms with van der Waals surface area (Å²) in [6.07, 6.45) is 3.58. The fourth-order valence-electron chi connectivity index (χ4n) is 1.54. The van der Waals surface area contributed by atoms with Crippen LogP contribution in [0.3, 0.4) is 0 Å². The Balaban J connectivity index is 2.15. The van der Waals surface area contributed by atoms with Crippen LogP contribution < -0.4 is 10.6 Å². The summed E-state index contributed by atoms with van der Waals surface area (Å²) in [6, 6.07) is 9.61. The van der Waals surface area contributed by atoms with Gasteiger partial charge in [-0.2, -0.15) is 0 Å². The normalized spacial score (nSPS) is 10.0. The van der Waals surface area contributed by atoms with Crippen molar-refractivity contribution in [1.29, 1.82) is 0 Å². The average molecular weight is 248 g/mol. The minimum atomic E-state index is 0.714. The lowest BCUT2D eigenvalue weighted by molar-refractivity contribution is 1.19. The van der Waals surface area contributed by atoms with E-state index in [1.165, 1.54) is 0 Å². The molecule has 0 aliphatic heterocycles. The zero-order valence-electron chi connectivity index (χ0n) is 9.57. The van der Waals surface area contributed by atoms with E-state index < -0.39 is 0 Å². The monoisotopic (exact) mass is 247 g/mol. The minimum Gasteiger partial charge on any atom is -0.384 e. The van der Waals surface area contributed by atoms with Crippen LogP contribution in [0.15, 0.2) is 42.7 Å². The summed E-state index contributed by atoms with van der Waals surface area (Å²) < 4.78 is 0. The molecule has 0 aliphatic carbocycles. The highest BCUT2D eigenvalue weighted by molar-refractivity contribution is 6.30. The van der Waals surface area contributed by atoms with E-state index in [2.05, 4.69) is 22.5 Å². The number of pyridine rings is 1. The molecule has 0 spiro atoms. The number of aromatic nitrogens is 1. The number of anilines is 3. The summed E-state index contributed by atoms with van der Waals surface area (Å²) in [6.45, 7) is 2.93. The van der Waals surface area contributed by atoms with Gasteiger partial charge in [0, 0.05) is 17.3 Å². The highest BCUT2D eigenvalue weighted by atomic mass is 35.5. The summed E-state index contributed by atoms with van der Waals surface area (Å²) in [5.41, 5.74) is 2.89. The van der Waals surface area contributed by atoms with Crippen LogP contribution in [-0.2, 0) is 0 Å². The van der Waals surface area contributed by atoms with Crippen LogP contribution in [0.5, 0.6) is 0 Å². The number of hydrogen-bond acceptors (Lipinski definition) is 3. The number of hydrogen-bond donors (Lipinski definition) is 2. The lowest BCUT2D eigenvalue weighted by Gasteiger charge is -2.08. The summed E-state index contributed by atoms with van der Waals surface area (Å²) in [5.74, 6) is 0. The minimum absolute atomic E-state index is 0.714. The Morgan fingerprint density at radius 1 is 1.12 bits per heavy atom. The van der Waals surface area contributed by atoms with Gasteiger partial charge in [-0.15, -0.1) is 0 Å². The van der Waals surface area contributed by atoms with Crippen molar-refractivity contribution in [2.75, 3.05) is 17.2 Å². The third-order valence-corrected chi connectivity index (χ3v) is 2.47. The fraction of sp³-hybridized carbons (Fsp3) is 0.154. The second kappa shape index (κ2) is 5.55. The SMILES string of the molecule is CCNc1cncc(Nc2cccc(Cl)c2)c1. The molecule has 0 aliphatic rings. The first-order valence-electron chi connectivity index (χ1n) is 5.49. The molecule has 4 heteroatoms. The van der Waals surface area contributed by atoms with Crippen LogP contribution in [0.4, 0.5) is 17.1 Å². The largest absolute Gasteiger partial charge is 0.384 e. The van der Waals surface area contributed by atoms with Gasteiger partial charge >= 0.3 is 0 Å². The van der Waals surface area contributed by atoms with Gasteiger partial charge in [0.25, 0.3) is 0 Å². The van der Waals surface area contributed by atoms with E-state index in [9.17, 15) is 0 Å². The molecule has 0 amide bonds. The summed E-state index contributed by atoms with van der Waals surface area (Å²) in [5, 5.41) is 7.19. The second-order valence-corrected chi connectivity index (χ2v) is 4.06. The number of benzene rings is 1. The zero-order valence-corrected chi connectivity index (χ0v) is 10.3. The number of rotatable bonds is 4. The van der Waals surface area contributed by atoms with Crippen LogP contribution in [0.2, 0.25) is 5.02 Å². The molecule has 0 atom stereocenters. The molecule has 1 aromatic carbocycles. The molecule has 3 nitrogen and oxygen atoms in total. The summed E-state index contributed by atoms with van der Waals surface area (Å²) in [4.78, 5) is 4.16. The number of nitrogens with one attached hydrogen (secondary N) is 2. The van der Waals surface area contributed by atoms with Gasteiger partial charge in [-0.3, -0.25) is 4.98 Å². The van der Waals surface area contributed by atoms with Gasteiger partial charge in [0.05, 0.1) is 23.8 Å². The van der Waals surface area contributed by atoms with E-state index in [0.717, 1.165) is 23.6 Å². The maximum absolute atomic E-state index is 5.92. The van der Waals surface area contributed by atoms with E-state index in [4.69, 9.17) is 11.6 Å². The van der Waals surface area contributed by atoms with E-state index in [0.29, 0.717) is 5.02 Å². The van der Waals surface area contributed by atoms with Crippen molar-refractivity contribution >= 4 is 28.7 Å². The Hall–Kier alpha value is -1.74. The predicted octanol–water partition coefficient (Wildman–Crippen LogP) is 3.91. The second-order valence-electron chi connectivity index (χ2n) is 3.63. The molecule has 0 saturated carbocycles. The Kier molecular flexibility index (Phi) is 3.83. The molecule has 88 valence electrons. The molecular weight excluding hydrogens is 234 g/mol. The zero-order chi connectivity index (χ0) is 12.1. The van der Waals surface area contributed by atoms with Crippen LogP contribution in [0.1, 0.15) is 6.92 Å². The highest BCUT2D eigenvalue weighted by Crippen LogP contribution is 2.21. The third kappa shape index (κ3) is 3.36. The number of halogens is 1. The Labute approximate surface area is 106 Å². The molecule has 2 rings (SSSR count). The molecule has 0 saturated heterocycles. The van der Waals surface area contributed by atoms with Crippen molar-refractivity contribution in [3.63, 3.8) is 0 Å². The van der Waals surface area contributed by atoms with E-state index >= 15 is 0 Å². The standard InChI is InChI=1S/C13H14ClN3/c1-2-16-12-7-13(9-15-8-12)17-11-5-3-4-10(14)6-11/h3-9,16-17H,2H2,1H3. The maximum Gasteiger partial charge on any atom is 0.0591 e. The predicted molar refractivity (Wildman–Crippen MR) is 73.1 cm³/mol. The van der Waals surface area contributed by atoms with Gasteiger partial charge in [0.1, 0.15) is 0 Å². The van der Waals surface area contributed by atoms with Crippen molar-refractivity contribution in [2.45, 2.75) is 6.92 Å². The third-order valence-electron chi connectivity index (χ3n) is 2.23. The molecule has 17 heavy (non-hydrogen) atoms. The van der Waals surface area contributed by atoms with Crippen molar-refractivity contribution in [3.8, 4) is 0 Å². The molecule has 2 N–H and O–H groups in total. The molecule has 1 heterocycles. The lowest BCUT2D eigenvalue weighted by atomic mass is 10.3. The molecule has 2 aromatic rings. The van der Waals surface area contributed by atoms with Crippen LogP contribution in [0.25, 0.3) is 0 Å². The lowest BCUT2D eigenvalue weighted by Crippen LogP contribution is -1.98. The first-order valence-corrected chi connectivity index (χ1v) is 5.87. The van der Waals surface area contributed by atoms with Gasteiger partial charge < -0.3 is 10.6 Å². The molecule has 0 radical (unpaired) electrons. The van der Waals surface area contributed by atoms with Crippen molar-refractivity contribution in [3.05, 3.63) is 47.7 Å². The van der Waals surface area contributed by atoms with Gasteiger partial charge in [-0.25, -0.2) is 0 Å². The van der Waals surface area contributed by atoms with E-state index in [1.54, 1.807) is 12.4 Å². The average Bonchev–Trinajstić information content (AvgIpc) is 2.30. The van der Waals surface area contributed by atoms with Gasteiger partial charge in [-0.1, -0.05) is 17.7 Å². The summed E-state index contributed by atoms with van der Waals surface area (Å²) >= 11 is 5.92. The first kappa shape index (κ1) is 11.7. The fourth-order valence-corrected chi connectivity index (χ4v) is 1.73. The first-order chi connectivity index (χ1) is 8.28. The Bertz CT molecular complexity index is 500. The molecule has 0 fully saturated rings. The maximum atomic E-state index is 5.92. The van der Waals surface area contributed by atoms with E-state index in [-0.39, 0.29) is 0 Å². The van der Waals surface area contributed by atoms with Gasteiger partial charge in [0.2, 0.25) is 0 Å². The van der Waals surface area contributed by atoms with Gasteiger partial charge in [-0.05, 0) is 31.2 Å². The molecule has 0 bridgehead atoms. The molecule has 0 unspecified atom stereocenters. The highest BCUT2D eigenvalue weighted by Gasteiger charge is 1.97. The van der Waals surface area contributed by atoms with Crippen LogP contribution >= 0.6 is 11.6 Å². The Morgan fingerprint density at radius 2 is 1.94 bits per heavy atom. The van der Waals surface area contributed by atoms with Crippen molar-refractivity contribution in [2.24, 2.45) is 0 Å². The smallest absolute Gasteiger partial charge is 0.0591 e. The topological polar surface area (TPSA) is 37.0 Å². The van der Waals surface area contributed by atoms with Crippen molar-refractivity contribution < 1.29 is 0 Å². The van der Waals surface area contributed by atoms with Crippen LogP contribution in [-0.4, -0.2) is 11.5 Å².